The summed E-state index contributed by atoms with van der Waals surface area (Å²) in [4.78, 5) is 11.0. The molecule has 0 aliphatic heterocycles. The Morgan fingerprint density at radius 1 is 1.62 bits per heavy atom. The minimum atomic E-state index is -0.737. The normalized spacial score (nSPS) is 15.3. The van der Waals surface area contributed by atoms with E-state index in [-0.39, 0.29) is 0 Å². The van der Waals surface area contributed by atoms with Gasteiger partial charge in [0.2, 0.25) is 0 Å². The SMILES string of the molecule is CCC(CCCSC)(NC)C(=O)O. The molecular weight excluding hydrogens is 186 g/mol. The molecule has 0 aliphatic rings. The maximum atomic E-state index is 11.0. The van der Waals surface area contributed by atoms with Crippen molar-refractivity contribution >= 4 is 17.7 Å². The molecule has 0 aromatic heterocycles. The van der Waals surface area contributed by atoms with E-state index in [1.165, 1.54) is 0 Å². The summed E-state index contributed by atoms with van der Waals surface area (Å²) < 4.78 is 0. The van der Waals surface area contributed by atoms with E-state index in [0.717, 1.165) is 12.2 Å². The molecule has 0 heterocycles. The van der Waals surface area contributed by atoms with E-state index in [1.807, 2.05) is 13.2 Å². The molecular formula is C9H19NO2S. The fourth-order valence-electron chi connectivity index (χ4n) is 1.36. The van der Waals surface area contributed by atoms with Gasteiger partial charge in [-0.2, -0.15) is 11.8 Å². The first-order valence-corrected chi connectivity index (χ1v) is 5.93. The maximum Gasteiger partial charge on any atom is 0.323 e. The molecule has 0 amide bonds. The Hall–Kier alpha value is -0.220. The molecule has 1 atom stereocenters. The van der Waals surface area contributed by atoms with Gasteiger partial charge in [0.15, 0.2) is 0 Å². The highest BCUT2D eigenvalue weighted by Crippen LogP contribution is 2.18. The van der Waals surface area contributed by atoms with Gasteiger partial charge in [-0.25, -0.2) is 0 Å². The van der Waals surface area contributed by atoms with Crippen molar-refractivity contribution in [3.05, 3.63) is 0 Å². The topological polar surface area (TPSA) is 49.3 Å². The van der Waals surface area contributed by atoms with Crippen molar-refractivity contribution in [2.75, 3.05) is 19.1 Å². The van der Waals surface area contributed by atoms with Crippen LogP contribution in [0.5, 0.6) is 0 Å². The summed E-state index contributed by atoms with van der Waals surface area (Å²) in [5.41, 5.74) is -0.713. The second kappa shape index (κ2) is 6.27. The highest BCUT2D eigenvalue weighted by molar-refractivity contribution is 7.98. The molecule has 2 N–H and O–H groups in total. The first kappa shape index (κ1) is 12.8. The molecule has 0 fully saturated rings. The standard InChI is InChI=1S/C9H19NO2S/c1-4-9(10-2,8(11)12)6-5-7-13-3/h10H,4-7H2,1-3H3,(H,11,12). The monoisotopic (exact) mass is 205 g/mol. The molecule has 78 valence electrons. The van der Waals surface area contributed by atoms with Crippen LogP contribution in [-0.2, 0) is 4.79 Å². The molecule has 3 nitrogen and oxygen atoms in total. The van der Waals surface area contributed by atoms with E-state index in [2.05, 4.69) is 5.32 Å². The predicted octanol–water partition coefficient (Wildman–Crippen LogP) is 1.58. The van der Waals surface area contributed by atoms with Gasteiger partial charge in [-0.3, -0.25) is 4.79 Å². The summed E-state index contributed by atoms with van der Waals surface area (Å²) in [7, 11) is 1.72. The Morgan fingerprint density at radius 2 is 2.23 bits per heavy atom. The summed E-state index contributed by atoms with van der Waals surface area (Å²) in [6.07, 6.45) is 4.32. The van der Waals surface area contributed by atoms with Gasteiger partial charge in [-0.15, -0.1) is 0 Å². The predicted molar refractivity (Wildman–Crippen MR) is 57.3 cm³/mol. The van der Waals surface area contributed by atoms with E-state index >= 15 is 0 Å². The molecule has 0 saturated heterocycles. The van der Waals surface area contributed by atoms with Gasteiger partial charge >= 0.3 is 5.97 Å². The third kappa shape index (κ3) is 3.56. The fraction of sp³-hybridized carbons (Fsp3) is 0.889. The summed E-state index contributed by atoms with van der Waals surface area (Å²) >= 11 is 1.75. The highest BCUT2D eigenvalue weighted by Gasteiger charge is 2.33. The van der Waals surface area contributed by atoms with E-state index in [0.29, 0.717) is 12.8 Å². The van der Waals surface area contributed by atoms with Gasteiger partial charge in [0.1, 0.15) is 5.54 Å². The van der Waals surface area contributed by atoms with Gasteiger partial charge in [0.05, 0.1) is 0 Å². The Kier molecular flexibility index (Phi) is 6.16. The Balaban J connectivity index is 4.14. The first-order chi connectivity index (χ1) is 6.13. The Labute approximate surface area is 84.3 Å². The van der Waals surface area contributed by atoms with Crippen LogP contribution in [-0.4, -0.2) is 35.7 Å². The minimum absolute atomic E-state index is 0.632. The van der Waals surface area contributed by atoms with Crippen molar-refractivity contribution in [3.63, 3.8) is 0 Å². The molecule has 1 unspecified atom stereocenters. The van der Waals surface area contributed by atoms with Crippen molar-refractivity contribution in [2.45, 2.75) is 31.7 Å². The first-order valence-electron chi connectivity index (χ1n) is 4.54. The third-order valence-corrected chi connectivity index (χ3v) is 3.14. The van der Waals surface area contributed by atoms with Crippen LogP contribution in [0.15, 0.2) is 0 Å². The van der Waals surface area contributed by atoms with Crippen LogP contribution in [0.25, 0.3) is 0 Å². The molecule has 0 radical (unpaired) electrons. The molecule has 0 spiro atoms. The second-order valence-corrected chi connectivity index (χ2v) is 4.07. The zero-order valence-electron chi connectivity index (χ0n) is 8.59. The average molecular weight is 205 g/mol. The summed E-state index contributed by atoms with van der Waals surface area (Å²) in [6, 6.07) is 0. The molecule has 4 heteroatoms. The summed E-state index contributed by atoms with van der Waals surface area (Å²) in [5.74, 6) is 0.287. The summed E-state index contributed by atoms with van der Waals surface area (Å²) in [6.45, 7) is 1.91. The minimum Gasteiger partial charge on any atom is -0.480 e. The van der Waals surface area contributed by atoms with E-state index in [4.69, 9.17) is 5.11 Å². The quantitative estimate of drug-likeness (QED) is 0.620. The van der Waals surface area contributed by atoms with Gasteiger partial charge in [-0.1, -0.05) is 6.92 Å². The largest absolute Gasteiger partial charge is 0.480 e. The highest BCUT2D eigenvalue weighted by atomic mass is 32.2. The smallest absolute Gasteiger partial charge is 0.323 e. The Morgan fingerprint density at radius 3 is 2.54 bits per heavy atom. The average Bonchev–Trinajstić information content (AvgIpc) is 2.13. The number of likely N-dealkylation sites (N-methyl/N-ethyl adjacent to an activating group) is 1. The van der Waals surface area contributed by atoms with Gasteiger partial charge in [0.25, 0.3) is 0 Å². The molecule has 0 saturated carbocycles. The lowest BCUT2D eigenvalue weighted by atomic mass is 9.91. The molecule has 0 aromatic carbocycles. The number of carboxylic acid groups (broad SMARTS) is 1. The van der Waals surface area contributed by atoms with E-state index in [9.17, 15) is 4.79 Å². The van der Waals surface area contributed by atoms with Crippen LogP contribution in [0.4, 0.5) is 0 Å². The van der Waals surface area contributed by atoms with Crippen LogP contribution in [0.2, 0.25) is 0 Å². The number of thioether (sulfide) groups is 1. The number of carbonyl (C=O) groups is 1. The summed E-state index contributed by atoms with van der Waals surface area (Å²) in [5, 5.41) is 12.0. The van der Waals surface area contributed by atoms with Crippen molar-refractivity contribution in [2.24, 2.45) is 0 Å². The third-order valence-electron chi connectivity index (χ3n) is 2.44. The number of rotatable bonds is 7. The van der Waals surface area contributed by atoms with E-state index in [1.54, 1.807) is 18.8 Å². The molecule has 13 heavy (non-hydrogen) atoms. The lowest BCUT2D eigenvalue weighted by Gasteiger charge is -2.27. The molecule has 0 bridgehead atoms. The van der Waals surface area contributed by atoms with Crippen LogP contribution in [0, 0.1) is 0 Å². The lowest BCUT2D eigenvalue weighted by molar-refractivity contribution is -0.145. The van der Waals surface area contributed by atoms with Crippen LogP contribution in [0.3, 0.4) is 0 Å². The lowest BCUT2D eigenvalue weighted by Crippen LogP contribution is -2.49. The number of nitrogens with one attached hydrogen (secondary N) is 1. The van der Waals surface area contributed by atoms with Crippen molar-refractivity contribution in [1.82, 2.24) is 5.32 Å². The van der Waals surface area contributed by atoms with Gasteiger partial charge < -0.3 is 10.4 Å². The van der Waals surface area contributed by atoms with Gasteiger partial charge in [-0.05, 0) is 38.3 Å². The maximum absolute atomic E-state index is 11.0. The van der Waals surface area contributed by atoms with Gasteiger partial charge in [0, 0.05) is 0 Å². The van der Waals surface area contributed by atoms with Crippen LogP contribution < -0.4 is 5.32 Å². The number of carboxylic acids is 1. The number of aliphatic carboxylic acids is 1. The molecule has 0 aliphatic carbocycles. The molecule has 0 rings (SSSR count). The molecule has 0 aromatic rings. The number of hydrogen-bond donors (Lipinski definition) is 2. The van der Waals surface area contributed by atoms with Crippen molar-refractivity contribution in [3.8, 4) is 0 Å². The number of hydrogen-bond acceptors (Lipinski definition) is 3. The van der Waals surface area contributed by atoms with Crippen molar-refractivity contribution < 1.29 is 9.90 Å². The zero-order chi connectivity index (χ0) is 10.3. The van der Waals surface area contributed by atoms with Crippen LogP contribution in [0.1, 0.15) is 26.2 Å². The fourth-order valence-corrected chi connectivity index (χ4v) is 1.79. The van der Waals surface area contributed by atoms with Crippen molar-refractivity contribution in [1.29, 1.82) is 0 Å². The van der Waals surface area contributed by atoms with Crippen LogP contribution >= 0.6 is 11.8 Å². The van der Waals surface area contributed by atoms with E-state index < -0.39 is 11.5 Å². The Bertz CT molecular complexity index is 158. The second-order valence-electron chi connectivity index (χ2n) is 3.09. The zero-order valence-corrected chi connectivity index (χ0v) is 9.41.